The van der Waals surface area contributed by atoms with Gasteiger partial charge in [-0.1, -0.05) is 18.2 Å². The number of carbonyl (C=O) groups excluding carboxylic acids is 1. The first-order chi connectivity index (χ1) is 13.1. The van der Waals surface area contributed by atoms with E-state index in [0.717, 1.165) is 36.3 Å². The van der Waals surface area contributed by atoms with Gasteiger partial charge in [-0.2, -0.15) is 5.10 Å². The third kappa shape index (κ3) is 3.60. The maximum atomic E-state index is 13.5. The van der Waals surface area contributed by atoms with Gasteiger partial charge >= 0.3 is 0 Å². The summed E-state index contributed by atoms with van der Waals surface area (Å²) in [5, 5.41) is 4.09. The zero-order valence-electron chi connectivity index (χ0n) is 15.2. The largest absolute Gasteiger partial charge is 0.337 e. The molecule has 0 unspecified atom stereocenters. The van der Waals surface area contributed by atoms with Crippen LogP contribution in [0.3, 0.4) is 0 Å². The molecular formula is C21H21FN4O. The fraction of sp³-hybridized carbons (Fsp3) is 0.286. The quantitative estimate of drug-likeness (QED) is 0.713. The summed E-state index contributed by atoms with van der Waals surface area (Å²) in [5.74, 6) is -0.101. The second-order valence-corrected chi connectivity index (χ2v) is 6.89. The first kappa shape index (κ1) is 17.4. The lowest BCUT2D eigenvalue weighted by molar-refractivity contribution is 0.0694. The number of rotatable bonds is 3. The Kier molecular flexibility index (Phi) is 4.71. The summed E-state index contributed by atoms with van der Waals surface area (Å²) in [4.78, 5) is 19.4. The normalized spacial score (nSPS) is 17.1. The van der Waals surface area contributed by atoms with Crippen molar-refractivity contribution in [3.05, 3.63) is 71.9 Å². The van der Waals surface area contributed by atoms with E-state index >= 15 is 0 Å². The average Bonchev–Trinajstić information content (AvgIpc) is 3.13. The van der Waals surface area contributed by atoms with E-state index in [4.69, 9.17) is 4.98 Å². The molecule has 138 valence electrons. The molecule has 1 aliphatic rings. The summed E-state index contributed by atoms with van der Waals surface area (Å²) in [6, 6.07) is 14.0. The number of carbonyl (C=O) groups is 1. The van der Waals surface area contributed by atoms with Crippen LogP contribution in [0.2, 0.25) is 0 Å². The first-order valence-electron chi connectivity index (χ1n) is 9.12. The smallest absolute Gasteiger partial charge is 0.272 e. The van der Waals surface area contributed by atoms with Crippen molar-refractivity contribution in [3.8, 4) is 11.3 Å². The average molecular weight is 364 g/mol. The molecule has 0 bridgehead atoms. The van der Waals surface area contributed by atoms with Gasteiger partial charge in [-0.3, -0.25) is 14.5 Å². The second-order valence-electron chi connectivity index (χ2n) is 6.89. The summed E-state index contributed by atoms with van der Waals surface area (Å²) in [6.45, 7) is 1.37. The highest BCUT2D eigenvalue weighted by atomic mass is 19.1. The summed E-state index contributed by atoms with van der Waals surface area (Å²) in [6.07, 6.45) is 3.55. The third-order valence-corrected chi connectivity index (χ3v) is 5.06. The van der Waals surface area contributed by atoms with Crippen molar-refractivity contribution in [2.24, 2.45) is 7.05 Å². The van der Waals surface area contributed by atoms with Crippen LogP contribution in [0.1, 0.15) is 34.9 Å². The number of hydrogen-bond acceptors (Lipinski definition) is 3. The van der Waals surface area contributed by atoms with Crippen molar-refractivity contribution in [1.29, 1.82) is 0 Å². The number of benzene rings is 1. The zero-order chi connectivity index (χ0) is 18.8. The van der Waals surface area contributed by atoms with Gasteiger partial charge in [0.25, 0.3) is 5.91 Å². The maximum Gasteiger partial charge on any atom is 0.272 e. The highest BCUT2D eigenvalue weighted by Gasteiger charge is 2.27. The minimum atomic E-state index is -0.273. The Morgan fingerprint density at radius 1 is 1.19 bits per heavy atom. The van der Waals surface area contributed by atoms with Gasteiger partial charge in [0.05, 0.1) is 5.69 Å². The van der Waals surface area contributed by atoms with Crippen LogP contribution in [0.15, 0.2) is 54.7 Å². The number of hydrogen-bond donors (Lipinski definition) is 0. The third-order valence-electron chi connectivity index (χ3n) is 5.06. The maximum absolute atomic E-state index is 13.5. The molecule has 3 heterocycles. The van der Waals surface area contributed by atoms with Crippen molar-refractivity contribution < 1.29 is 9.18 Å². The minimum Gasteiger partial charge on any atom is -0.337 e. The van der Waals surface area contributed by atoms with Gasteiger partial charge in [-0.15, -0.1) is 0 Å². The predicted octanol–water partition coefficient (Wildman–Crippen LogP) is 3.64. The van der Waals surface area contributed by atoms with Gasteiger partial charge in [0.15, 0.2) is 0 Å². The van der Waals surface area contributed by atoms with E-state index in [1.807, 2.05) is 29.2 Å². The molecule has 5 nitrogen and oxygen atoms in total. The molecule has 0 saturated carbocycles. The second kappa shape index (κ2) is 7.31. The van der Waals surface area contributed by atoms with Gasteiger partial charge < -0.3 is 4.90 Å². The zero-order valence-corrected chi connectivity index (χ0v) is 15.2. The molecule has 1 aliphatic heterocycles. The number of aromatic nitrogens is 3. The molecule has 3 aromatic rings. The van der Waals surface area contributed by atoms with E-state index in [0.29, 0.717) is 12.2 Å². The van der Waals surface area contributed by atoms with Gasteiger partial charge in [0.2, 0.25) is 0 Å². The van der Waals surface area contributed by atoms with Crippen LogP contribution in [-0.2, 0) is 7.05 Å². The SMILES string of the molecule is Cn1nccc1C(=O)N1CCC[C@H](c2cccc(-c3cccc(F)c3)n2)C1. The fourth-order valence-corrected chi connectivity index (χ4v) is 3.64. The number of amides is 1. The number of nitrogens with zero attached hydrogens (tertiary/aromatic N) is 4. The van der Waals surface area contributed by atoms with Crippen molar-refractivity contribution in [2.75, 3.05) is 13.1 Å². The fourth-order valence-electron chi connectivity index (χ4n) is 3.64. The molecule has 1 aromatic carbocycles. The molecule has 0 N–H and O–H groups in total. The lowest BCUT2D eigenvalue weighted by atomic mass is 9.93. The molecule has 1 amide bonds. The summed E-state index contributed by atoms with van der Waals surface area (Å²) < 4.78 is 15.1. The molecule has 1 atom stereocenters. The van der Waals surface area contributed by atoms with Crippen LogP contribution < -0.4 is 0 Å². The molecule has 4 rings (SSSR count). The molecule has 0 spiro atoms. The van der Waals surface area contributed by atoms with Crippen LogP contribution in [0, 0.1) is 5.82 Å². The first-order valence-corrected chi connectivity index (χ1v) is 9.12. The van der Waals surface area contributed by atoms with E-state index in [1.165, 1.54) is 12.1 Å². The van der Waals surface area contributed by atoms with Crippen molar-refractivity contribution in [3.63, 3.8) is 0 Å². The molecule has 6 heteroatoms. The van der Waals surface area contributed by atoms with E-state index in [-0.39, 0.29) is 17.6 Å². The Hall–Kier alpha value is -3.02. The van der Waals surface area contributed by atoms with E-state index in [9.17, 15) is 9.18 Å². The molecule has 0 radical (unpaired) electrons. The standard InChI is InChI=1S/C21H21FN4O/c1-25-20(10-11-23-25)21(27)26-12-4-6-16(14-26)19-9-3-8-18(24-19)15-5-2-7-17(22)13-15/h2-3,5,7-11,13,16H,4,6,12,14H2,1H3/t16-/m0/s1. The van der Waals surface area contributed by atoms with Crippen molar-refractivity contribution in [2.45, 2.75) is 18.8 Å². The van der Waals surface area contributed by atoms with E-state index in [2.05, 4.69) is 5.10 Å². The van der Waals surface area contributed by atoms with Crippen LogP contribution >= 0.6 is 0 Å². The summed E-state index contributed by atoms with van der Waals surface area (Å²) >= 11 is 0. The van der Waals surface area contributed by atoms with Crippen molar-refractivity contribution >= 4 is 5.91 Å². The van der Waals surface area contributed by atoms with Crippen LogP contribution in [0.4, 0.5) is 4.39 Å². The number of piperidine rings is 1. The molecule has 1 saturated heterocycles. The molecule has 27 heavy (non-hydrogen) atoms. The number of likely N-dealkylation sites (tertiary alicyclic amines) is 1. The van der Waals surface area contributed by atoms with Gasteiger partial charge in [0, 0.05) is 43.5 Å². The van der Waals surface area contributed by atoms with E-state index in [1.54, 1.807) is 30.1 Å². The Balaban J connectivity index is 1.56. The molecule has 0 aliphatic carbocycles. The summed E-state index contributed by atoms with van der Waals surface area (Å²) in [5.41, 5.74) is 3.05. The Morgan fingerprint density at radius 2 is 2.04 bits per heavy atom. The monoisotopic (exact) mass is 364 g/mol. The van der Waals surface area contributed by atoms with Gasteiger partial charge in [-0.05, 0) is 43.2 Å². The lowest BCUT2D eigenvalue weighted by Crippen LogP contribution is -2.40. The highest BCUT2D eigenvalue weighted by molar-refractivity contribution is 5.92. The Labute approximate surface area is 157 Å². The van der Waals surface area contributed by atoms with E-state index < -0.39 is 0 Å². The molecular weight excluding hydrogens is 343 g/mol. The number of pyridine rings is 1. The molecule has 2 aromatic heterocycles. The highest BCUT2D eigenvalue weighted by Crippen LogP contribution is 2.28. The Bertz CT molecular complexity index is 968. The van der Waals surface area contributed by atoms with Crippen LogP contribution in [0.25, 0.3) is 11.3 Å². The number of aryl methyl sites for hydroxylation is 1. The van der Waals surface area contributed by atoms with Crippen molar-refractivity contribution in [1.82, 2.24) is 19.7 Å². The van der Waals surface area contributed by atoms with Gasteiger partial charge in [0.1, 0.15) is 11.5 Å². The molecule has 1 fully saturated rings. The van der Waals surface area contributed by atoms with Crippen LogP contribution in [-0.4, -0.2) is 38.7 Å². The predicted molar refractivity (Wildman–Crippen MR) is 101 cm³/mol. The lowest BCUT2D eigenvalue weighted by Gasteiger charge is -2.32. The van der Waals surface area contributed by atoms with Gasteiger partial charge in [-0.25, -0.2) is 4.39 Å². The Morgan fingerprint density at radius 3 is 2.81 bits per heavy atom. The minimum absolute atomic E-state index is 0.000912. The topological polar surface area (TPSA) is 51.0 Å². The van der Waals surface area contributed by atoms with Crippen LogP contribution in [0.5, 0.6) is 0 Å². The summed E-state index contributed by atoms with van der Waals surface area (Å²) in [7, 11) is 1.78. The number of halogens is 1.